The average molecular weight is 264 g/mol. The van der Waals surface area contributed by atoms with E-state index in [1.165, 1.54) is 7.11 Å². The molecule has 4 nitrogen and oxygen atoms in total. The molecule has 0 aliphatic heterocycles. The molecule has 0 atom stereocenters. The van der Waals surface area contributed by atoms with Gasteiger partial charge in [-0.25, -0.2) is 4.79 Å². The molecule has 4 heteroatoms. The van der Waals surface area contributed by atoms with Gasteiger partial charge in [0, 0.05) is 6.61 Å². The molecule has 0 radical (unpaired) electrons. The first-order chi connectivity index (χ1) is 9.22. The molecule has 0 unspecified atom stereocenters. The smallest absolute Gasteiger partial charge is 0.337 e. The third-order valence-electron chi connectivity index (χ3n) is 3.63. The highest BCUT2D eigenvalue weighted by Gasteiger charge is 2.21. The largest absolute Gasteiger partial charge is 0.490 e. The molecule has 1 saturated carbocycles. The number of ether oxygens (including phenoxy) is 2. The fourth-order valence-corrected chi connectivity index (χ4v) is 2.41. The second-order valence-corrected chi connectivity index (χ2v) is 4.96. The van der Waals surface area contributed by atoms with E-state index in [1.54, 1.807) is 24.3 Å². The summed E-state index contributed by atoms with van der Waals surface area (Å²) >= 11 is 0. The van der Waals surface area contributed by atoms with Gasteiger partial charge in [-0.3, -0.25) is 0 Å². The first-order valence-corrected chi connectivity index (χ1v) is 6.69. The van der Waals surface area contributed by atoms with Crippen molar-refractivity contribution in [2.24, 2.45) is 5.92 Å². The fraction of sp³-hybridized carbons (Fsp3) is 0.533. The Morgan fingerprint density at radius 2 is 1.84 bits per heavy atom. The van der Waals surface area contributed by atoms with Gasteiger partial charge in [-0.05, 0) is 55.9 Å². The van der Waals surface area contributed by atoms with Crippen LogP contribution in [0.2, 0.25) is 0 Å². The van der Waals surface area contributed by atoms with Crippen molar-refractivity contribution in [1.29, 1.82) is 0 Å². The number of aliphatic hydroxyl groups excluding tert-OH is 1. The molecule has 0 heterocycles. The minimum atomic E-state index is -0.338. The number of hydrogen-bond acceptors (Lipinski definition) is 4. The van der Waals surface area contributed by atoms with Crippen molar-refractivity contribution in [3.05, 3.63) is 29.8 Å². The van der Waals surface area contributed by atoms with Gasteiger partial charge in [0.05, 0.1) is 18.8 Å². The maximum Gasteiger partial charge on any atom is 0.337 e. The van der Waals surface area contributed by atoms with E-state index >= 15 is 0 Å². The van der Waals surface area contributed by atoms with Crippen molar-refractivity contribution >= 4 is 5.97 Å². The van der Waals surface area contributed by atoms with Gasteiger partial charge in [0.2, 0.25) is 0 Å². The second kappa shape index (κ2) is 6.57. The minimum Gasteiger partial charge on any atom is -0.490 e. The van der Waals surface area contributed by atoms with E-state index < -0.39 is 0 Å². The van der Waals surface area contributed by atoms with Crippen LogP contribution in [0.4, 0.5) is 0 Å². The molecule has 2 rings (SSSR count). The molecule has 0 spiro atoms. The van der Waals surface area contributed by atoms with Gasteiger partial charge in [0.15, 0.2) is 0 Å². The minimum absolute atomic E-state index is 0.215. The number of carbonyl (C=O) groups excluding carboxylic acids is 1. The standard InChI is InChI=1S/C15H20O4/c1-18-15(17)12-4-8-14(9-5-12)19-13-6-2-11(10-16)3-7-13/h4-5,8-9,11,13,16H,2-3,6-7,10H2,1H3. The van der Waals surface area contributed by atoms with E-state index in [1.807, 2.05) is 0 Å². The van der Waals surface area contributed by atoms with Crippen LogP contribution >= 0.6 is 0 Å². The van der Waals surface area contributed by atoms with Gasteiger partial charge in [-0.2, -0.15) is 0 Å². The summed E-state index contributed by atoms with van der Waals surface area (Å²) in [5, 5.41) is 9.09. The number of aliphatic hydroxyl groups is 1. The highest BCUT2D eigenvalue weighted by Crippen LogP contribution is 2.27. The van der Waals surface area contributed by atoms with Crippen molar-refractivity contribution in [2.45, 2.75) is 31.8 Å². The fourth-order valence-electron chi connectivity index (χ4n) is 2.41. The number of rotatable bonds is 4. The lowest BCUT2D eigenvalue weighted by Crippen LogP contribution is -2.25. The van der Waals surface area contributed by atoms with E-state index in [0.29, 0.717) is 11.5 Å². The topological polar surface area (TPSA) is 55.8 Å². The van der Waals surface area contributed by atoms with Crippen LogP contribution in [-0.2, 0) is 4.74 Å². The highest BCUT2D eigenvalue weighted by atomic mass is 16.5. The summed E-state index contributed by atoms with van der Waals surface area (Å²) in [6.45, 7) is 0.278. The van der Waals surface area contributed by atoms with Crippen LogP contribution < -0.4 is 4.74 Å². The van der Waals surface area contributed by atoms with Crippen molar-refractivity contribution < 1.29 is 19.4 Å². The Hall–Kier alpha value is -1.55. The number of hydrogen-bond donors (Lipinski definition) is 1. The normalized spacial score (nSPS) is 22.8. The van der Waals surface area contributed by atoms with Crippen LogP contribution in [-0.4, -0.2) is 30.9 Å². The Morgan fingerprint density at radius 1 is 1.21 bits per heavy atom. The molecule has 104 valence electrons. The number of esters is 1. The predicted octanol–water partition coefficient (Wildman–Crippen LogP) is 2.40. The van der Waals surface area contributed by atoms with Crippen LogP contribution in [0.5, 0.6) is 5.75 Å². The molecular weight excluding hydrogens is 244 g/mol. The lowest BCUT2D eigenvalue weighted by atomic mass is 9.88. The molecule has 1 N–H and O–H groups in total. The van der Waals surface area contributed by atoms with Crippen LogP contribution in [0.15, 0.2) is 24.3 Å². The number of methoxy groups -OCH3 is 1. The van der Waals surface area contributed by atoms with E-state index in [-0.39, 0.29) is 18.7 Å². The van der Waals surface area contributed by atoms with Gasteiger partial charge in [0.1, 0.15) is 5.75 Å². The van der Waals surface area contributed by atoms with Gasteiger partial charge in [-0.15, -0.1) is 0 Å². The van der Waals surface area contributed by atoms with Crippen molar-refractivity contribution in [3.63, 3.8) is 0 Å². The molecular formula is C15H20O4. The third-order valence-corrected chi connectivity index (χ3v) is 3.63. The average Bonchev–Trinajstić information content (AvgIpc) is 2.48. The molecule has 0 saturated heterocycles. The van der Waals surface area contributed by atoms with Crippen molar-refractivity contribution in [3.8, 4) is 5.75 Å². The predicted molar refractivity (Wildman–Crippen MR) is 71.2 cm³/mol. The monoisotopic (exact) mass is 264 g/mol. The zero-order valence-electron chi connectivity index (χ0n) is 11.2. The van der Waals surface area contributed by atoms with Crippen LogP contribution in [0.3, 0.4) is 0 Å². The summed E-state index contributed by atoms with van der Waals surface area (Å²) in [6, 6.07) is 7.01. The van der Waals surface area contributed by atoms with E-state index in [4.69, 9.17) is 9.84 Å². The quantitative estimate of drug-likeness (QED) is 0.848. The summed E-state index contributed by atoms with van der Waals surface area (Å²) in [7, 11) is 1.37. The Bertz CT molecular complexity index is 405. The summed E-state index contributed by atoms with van der Waals surface area (Å²) < 4.78 is 10.5. The number of benzene rings is 1. The third kappa shape index (κ3) is 3.70. The Morgan fingerprint density at radius 3 is 2.37 bits per heavy atom. The van der Waals surface area contributed by atoms with Crippen molar-refractivity contribution in [2.75, 3.05) is 13.7 Å². The highest BCUT2D eigenvalue weighted by molar-refractivity contribution is 5.89. The SMILES string of the molecule is COC(=O)c1ccc(OC2CCC(CO)CC2)cc1. The molecule has 1 aromatic rings. The van der Waals surface area contributed by atoms with Gasteiger partial charge < -0.3 is 14.6 Å². The van der Waals surface area contributed by atoms with E-state index in [0.717, 1.165) is 31.4 Å². The second-order valence-electron chi connectivity index (χ2n) is 4.96. The van der Waals surface area contributed by atoms with Gasteiger partial charge in [-0.1, -0.05) is 0 Å². The van der Waals surface area contributed by atoms with Gasteiger partial charge >= 0.3 is 5.97 Å². The molecule has 1 aromatic carbocycles. The van der Waals surface area contributed by atoms with Crippen molar-refractivity contribution in [1.82, 2.24) is 0 Å². The summed E-state index contributed by atoms with van der Waals surface area (Å²) in [4.78, 5) is 11.3. The van der Waals surface area contributed by atoms with Crippen LogP contribution in [0, 0.1) is 5.92 Å². The van der Waals surface area contributed by atoms with E-state index in [2.05, 4.69) is 4.74 Å². The lowest BCUT2D eigenvalue weighted by Gasteiger charge is -2.27. The maximum absolute atomic E-state index is 11.3. The zero-order valence-corrected chi connectivity index (χ0v) is 11.2. The Labute approximate surface area is 113 Å². The summed E-state index contributed by atoms with van der Waals surface area (Å²) in [6.07, 6.45) is 4.20. The van der Waals surface area contributed by atoms with Gasteiger partial charge in [0.25, 0.3) is 0 Å². The Balaban J connectivity index is 1.88. The molecule has 19 heavy (non-hydrogen) atoms. The van der Waals surface area contributed by atoms with Crippen LogP contribution in [0.1, 0.15) is 36.0 Å². The molecule has 1 aliphatic rings. The molecule has 0 amide bonds. The summed E-state index contributed by atoms with van der Waals surface area (Å²) in [5.41, 5.74) is 0.527. The number of carbonyl (C=O) groups is 1. The van der Waals surface area contributed by atoms with Crippen LogP contribution in [0.25, 0.3) is 0 Å². The molecule has 0 bridgehead atoms. The molecule has 1 aliphatic carbocycles. The molecule has 1 fully saturated rings. The first kappa shape index (κ1) is 13.9. The zero-order chi connectivity index (χ0) is 13.7. The first-order valence-electron chi connectivity index (χ1n) is 6.69. The maximum atomic E-state index is 11.3. The van der Waals surface area contributed by atoms with E-state index in [9.17, 15) is 4.79 Å². The summed E-state index contributed by atoms with van der Waals surface area (Å²) in [5.74, 6) is 0.872. The Kier molecular flexibility index (Phi) is 4.80. The molecule has 0 aromatic heterocycles. The lowest BCUT2D eigenvalue weighted by molar-refractivity contribution is 0.0600.